The van der Waals surface area contributed by atoms with Crippen LogP contribution in [0.25, 0.3) is 0 Å². The van der Waals surface area contributed by atoms with Gasteiger partial charge in [0.15, 0.2) is 0 Å². The standard InChI is InChI=1S/C19H31N4O2/c1-14-4-6-15(7-5-14)23-11-10-19(12-20,13-23)22-16(24)8-9-18(2,3)17(21)25/h8,14-15H,4-7,9-11,13H2,1-3H3,(H2,21,25)(H,22,24)/t14-,15-,19?. The van der Waals surface area contributed by atoms with E-state index >= 15 is 0 Å². The number of nitriles is 1. The lowest BCUT2D eigenvalue weighted by Gasteiger charge is -2.34. The maximum absolute atomic E-state index is 12.3. The van der Waals surface area contributed by atoms with E-state index in [1.165, 1.54) is 32.1 Å². The molecule has 1 saturated heterocycles. The number of amides is 2. The van der Waals surface area contributed by atoms with Gasteiger partial charge in [0, 0.05) is 24.5 Å². The Balaban J connectivity index is 1.88. The van der Waals surface area contributed by atoms with E-state index < -0.39 is 16.9 Å². The Labute approximate surface area is 151 Å². The number of likely N-dealkylation sites (tertiary alicyclic amines) is 1. The zero-order valence-electron chi connectivity index (χ0n) is 15.7. The number of hydrogen-bond donors (Lipinski definition) is 2. The van der Waals surface area contributed by atoms with E-state index in [0.29, 0.717) is 19.0 Å². The van der Waals surface area contributed by atoms with Crippen LogP contribution in [0.2, 0.25) is 0 Å². The molecule has 2 amide bonds. The molecule has 0 aromatic heterocycles. The first kappa shape index (κ1) is 19.7. The smallest absolute Gasteiger partial charge is 0.225 e. The van der Waals surface area contributed by atoms with Gasteiger partial charge in [-0.2, -0.15) is 5.26 Å². The van der Waals surface area contributed by atoms with Crippen molar-refractivity contribution in [2.45, 2.75) is 70.9 Å². The van der Waals surface area contributed by atoms with Crippen LogP contribution in [0.5, 0.6) is 0 Å². The largest absolute Gasteiger partial charge is 0.369 e. The molecule has 1 unspecified atom stereocenters. The maximum Gasteiger partial charge on any atom is 0.225 e. The predicted octanol–water partition coefficient (Wildman–Crippen LogP) is 1.76. The Hall–Kier alpha value is -1.61. The first-order valence-electron chi connectivity index (χ1n) is 9.28. The van der Waals surface area contributed by atoms with E-state index in [1.54, 1.807) is 13.8 Å². The van der Waals surface area contributed by atoms with Crippen molar-refractivity contribution < 1.29 is 9.59 Å². The molecule has 2 aliphatic rings. The van der Waals surface area contributed by atoms with Gasteiger partial charge in [0.25, 0.3) is 0 Å². The summed E-state index contributed by atoms with van der Waals surface area (Å²) < 4.78 is 0. The van der Waals surface area contributed by atoms with Crippen molar-refractivity contribution >= 4 is 11.8 Å². The molecule has 0 aromatic carbocycles. The molecule has 0 spiro atoms. The number of carbonyl (C=O) groups is 2. The lowest BCUT2D eigenvalue weighted by molar-refractivity contribution is -0.126. The molecular weight excluding hydrogens is 316 g/mol. The minimum atomic E-state index is -0.826. The summed E-state index contributed by atoms with van der Waals surface area (Å²) in [7, 11) is 0. The zero-order chi connectivity index (χ0) is 18.7. The molecule has 6 nitrogen and oxygen atoms in total. The molecule has 139 valence electrons. The summed E-state index contributed by atoms with van der Waals surface area (Å²) in [5.74, 6) is 0.0580. The third kappa shape index (κ3) is 4.94. The van der Waals surface area contributed by atoms with Crippen molar-refractivity contribution in [1.82, 2.24) is 10.2 Å². The summed E-state index contributed by atoms with van der Waals surface area (Å²) in [4.78, 5) is 26.0. The van der Waals surface area contributed by atoms with E-state index in [2.05, 4.69) is 23.2 Å². The van der Waals surface area contributed by atoms with Gasteiger partial charge in [0.1, 0.15) is 5.54 Å². The SMILES string of the molecule is CC(C)(C[CH]C(=O)NC1(C#N)CCN([C@H]2CC[C@H](C)CC2)C1)C(N)=O. The van der Waals surface area contributed by atoms with Crippen LogP contribution in [-0.4, -0.2) is 41.4 Å². The van der Waals surface area contributed by atoms with Gasteiger partial charge in [-0.25, -0.2) is 0 Å². The highest BCUT2D eigenvalue weighted by molar-refractivity contribution is 5.87. The highest BCUT2D eigenvalue weighted by Crippen LogP contribution is 2.32. The molecule has 1 radical (unpaired) electrons. The molecule has 2 rings (SSSR count). The molecule has 0 aromatic rings. The number of rotatable bonds is 6. The van der Waals surface area contributed by atoms with E-state index in [4.69, 9.17) is 5.73 Å². The molecule has 1 heterocycles. The van der Waals surface area contributed by atoms with Gasteiger partial charge in [0.05, 0.1) is 12.5 Å². The van der Waals surface area contributed by atoms with Crippen molar-refractivity contribution in [3.05, 3.63) is 6.42 Å². The average Bonchev–Trinajstić information content (AvgIpc) is 2.98. The maximum atomic E-state index is 12.3. The molecule has 3 N–H and O–H groups in total. The van der Waals surface area contributed by atoms with Gasteiger partial charge in [-0.3, -0.25) is 14.5 Å². The van der Waals surface area contributed by atoms with E-state index in [0.717, 1.165) is 12.5 Å². The van der Waals surface area contributed by atoms with E-state index in [1.807, 2.05) is 0 Å². The van der Waals surface area contributed by atoms with Gasteiger partial charge >= 0.3 is 0 Å². The van der Waals surface area contributed by atoms with Gasteiger partial charge in [-0.1, -0.05) is 20.8 Å². The molecule has 2 fully saturated rings. The summed E-state index contributed by atoms with van der Waals surface area (Å²) in [5.41, 5.74) is 3.74. The van der Waals surface area contributed by atoms with Crippen LogP contribution in [0, 0.1) is 29.1 Å². The van der Waals surface area contributed by atoms with Crippen LogP contribution in [0.3, 0.4) is 0 Å². The molecule has 0 bridgehead atoms. The second kappa shape index (κ2) is 7.74. The Morgan fingerprint density at radius 3 is 2.56 bits per heavy atom. The number of nitrogens with zero attached hydrogens (tertiary/aromatic N) is 2. The van der Waals surface area contributed by atoms with Gasteiger partial charge in [0.2, 0.25) is 11.8 Å². The highest BCUT2D eigenvalue weighted by atomic mass is 16.2. The average molecular weight is 347 g/mol. The van der Waals surface area contributed by atoms with Crippen molar-refractivity contribution in [2.75, 3.05) is 13.1 Å². The Bertz CT molecular complexity index is 546. The predicted molar refractivity (Wildman–Crippen MR) is 96.0 cm³/mol. The molecule has 1 saturated carbocycles. The first-order valence-corrected chi connectivity index (χ1v) is 9.28. The third-order valence-corrected chi connectivity index (χ3v) is 5.84. The van der Waals surface area contributed by atoms with Crippen molar-refractivity contribution in [3.8, 4) is 6.07 Å². The Morgan fingerprint density at radius 1 is 1.36 bits per heavy atom. The van der Waals surface area contributed by atoms with Crippen LogP contribution in [0.1, 0.15) is 59.3 Å². The topological polar surface area (TPSA) is 99.2 Å². The van der Waals surface area contributed by atoms with Crippen molar-refractivity contribution in [1.29, 1.82) is 5.26 Å². The summed E-state index contributed by atoms with van der Waals surface area (Å²) in [6.07, 6.45) is 7.18. The zero-order valence-corrected chi connectivity index (χ0v) is 15.7. The minimum absolute atomic E-state index is 0.264. The van der Waals surface area contributed by atoms with E-state index in [-0.39, 0.29) is 12.3 Å². The van der Waals surface area contributed by atoms with Gasteiger partial charge < -0.3 is 11.1 Å². The first-order chi connectivity index (χ1) is 11.7. The normalized spacial score (nSPS) is 30.6. The van der Waals surface area contributed by atoms with Gasteiger partial charge in [-0.05, 0) is 44.4 Å². The summed E-state index contributed by atoms with van der Waals surface area (Å²) in [5, 5.41) is 12.5. The second-order valence-electron chi connectivity index (χ2n) is 8.47. The van der Waals surface area contributed by atoms with Crippen LogP contribution in [0.15, 0.2) is 0 Å². The third-order valence-electron chi connectivity index (χ3n) is 5.84. The lowest BCUT2D eigenvalue weighted by atomic mass is 9.86. The molecule has 1 aliphatic heterocycles. The highest BCUT2D eigenvalue weighted by Gasteiger charge is 2.42. The van der Waals surface area contributed by atoms with Crippen molar-refractivity contribution in [3.63, 3.8) is 0 Å². The molecule has 1 aliphatic carbocycles. The summed E-state index contributed by atoms with van der Waals surface area (Å²) >= 11 is 0. The second-order valence-corrected chi connectivity index (χ2v) is 8.47. The number of nitrogens with one attached hydrogen (secondary N) is 1. The fourth-order valence-electron chi connectivity index (χ4n) is 3.72. The van der Waals surface area contributed by atoms with Gasteiger partial charge in [-0.15, -0.1) is 0 Å². The van der Waals surface area contributed by atoms with Crippen LogP contribution in [-0.2, 0) is 9.59 Å². The monoisotopic (exact) mass is 347 g/mol. The summed E-state index contributed by atoms with van der Waals surface area (Å²) in [6, 6.07) is 2.85. The van der Waals surface area contributed by atoms with Crippen LogP contribution in [0.4, 0.5) is 0 Å². The quantitative estimate of drug-likeness (QED) is 0.764. The fourth-order valence-corrected chi connectivity index (χ4v) is 3.72. The lowest BCUT2D eigenvalue weighted by Crippen LogP contribution is -2.51. The number of nitrogens with two attached hydrogens (primary N) is 1. The molecule has 25 heavy (non-hydrogen) atoms. The van der Waals surface area contributed by atoms with Crippen LogP contribution < -0.4 is 11.1 Å². The number of carbonyl (C=O) groups excluding carboxylic acids is 2. The minimum Gasteiger partial charge on any atom is -0.369 e. The Morgan fingerprint density at radius 2 is 2.00 bits per heavy atom. The van der Waals surface area contributed by atoms with Crippen LogP contribution >= 0.6 is 0 Å². The number of primary amides is 1. The van der Waals surface area contributed by atoms with E-state index in [9.17, 15) is 14.9 Å². The molecule has 1 atom stereocenters. The summed E-state index contributed by atoms with van der Waals surface area (Å²) in [6.45, 7) is 7.14. The fraction of sp³-hybridized carbons (Fsp3) is 0.789. The Kier molecular flexibility index (Phi) is 6.10. The molecule has 6 heteroatoms. The molecular formula is C19H31N4O2. The van der Waals surface area contributed by atoms with Crippen molar-refractivity contribution in [2.24, 2.45) is 17.1 Å². The number of hydrogen-bond acceptors (Lipinski definition) is 4.